The first kappa shape index (κ1) is 13.0. The van der Waals surface area contributed by atoms with Gasteiger partial charge in [-0.15, -0.1) is 0 Å². The van der Waals surface area contributed by atoms with Crippen LogP contribution in [0.2, 0.25) is 0 Å². The molecule has 1 aromatic rings. The van der Waals surface area contributed by atoms with Crippen molar-refractivity contribution in [2.24, 2.45) is 5.41 Å². The molecule has 0 spiro atoms. The summed E-state index contributed by atoms with van der Waals surface area (Å²) in [5, 5.41) is 12.2. The first-order valence-electron chi connectivity index (χ1n) is 5.81. The van der Waals surface area contributed by atoms with Crippen LogP contribution in [0.1, 0.15) is 32.4 Å². The fraction of sp³-hybridized carbons (Fsp3) is 0.615. The highest BCUT2D eigenvalue weighted by Gasteiger charge is 2.16. The minimum Gasteiger partial charge on any atom is -0.396 e. The van der Waals surface area contributed by atoms with Crippen LogP contribution >= 0.6 is 0 Å². The molecule has 0 aliphatic carbocycles. The van der Waals surface area contributed by atoms with Crippen molar-refractivity contribution < 1.29 is 5.11 Å². The first-order valence-corrected chi connectivity index (χ1v) is 5.81. The molecule has 16 heavy (non-hydrogen) atoms. The molecule has 90 valence electrons. The van der Waals surface area contributed by atoms with Crippen LogP contribution in [0, 0.1) is 12.3 Å². The van der Waals surface area contributed by atoms with Gasteiger partial charge < -0.3 is 10.4 Å². The standard InChI is InChI=1S/C13H22N2O/c1-11-9-12(5-7-14-11)15-10-13(2,3)6-4-8-16/h5,7,9,16H,4,6,8,10H2,1-3H3,(H,14,15). The van der Waals surface area contributed by atoms with Crippen LogP contribution in [-0.4, -0.2) is 23.2 Å². The lowest BCUT2D eigenvalue weighted by Gasteiger charge is -2.25. The Morgan fingerprint density at radius 2 is 2.19 bits per heavy atom. The van der Waals surface area contributed by atoms with Crippen molar-refractivity contribution in [2.45, 2.75) is 33.6 Å². The van der Waals surface area contributed by atoms with Crippen molar-refractivity contribution in [1.29, 1.82) is 0 Å². The van der Waals surface area contributed by atoms with Crippen LogP contribution in [0.3, 0.4) is 0 Å². The summed E-state index contributed by atoms with van der Waals surface area (Å²) in [5.41, 5.74) is 2.35. The van der Waals surface area contributed by atoms with E-state index in [1.54, 1.807) is 0 Å². The topological polar surface area (TPSA) is 45.1 Å². The molecule has 0 saturated heterocycles. The van der Waals surface area contributed by atoms with E-state index in [2.05, 4.69) is 24.1 Å². The van der Waals surface area contributed by atoms with Crippen molar-refractivity contribution in [3.05, 3.63) is 24.0 Å². The Morgan fingerprint density at radius 3 is 2.81 bits per heavy atom. The van der Waals surface area contributed by atoms with Crippen molar-refractivity contribution >= 4 is 5.69 Å². The molecule has 1 aromatic heterocycles. The highest BCUT2D eigenvalue weighted by Crippen LogP contribution is 2.22. The Balaban J connectivity index is 2.44. The predicted octanol–water partition coefficient (Wildman–Crippen LogP) is 2.60. The van der Waals surface area contributed by atoms with Crippen LogP contribution in [0.5, 0.6) is 0 Å². The largest absolute Gasteiger partial charge is 0.396 e. The van der Waals surface area contributed by atoms with Gasteiger partial charge in [0, 0.05) is 30.7 Å². The summed E-state index contributed by atoms with van der Waals surface area (Å²) in [6.07, 6.45) is 3.71. The van der Waals surface area contributed by atoms with E-state index in [9.17, 15) is 0 Å². The zero-order chi connectivity index (χ0) is 12.0. The summed E-state index contributed by atoms with van der Waals surface area (Å²) < 4.78 is 0. The van der Waals surface area contributed by atoms with Crippen LogP contribution < -0.4 is 5.32 Å². The van der Waals surface area contributed by atoms with Gasteiger partial charge >= 0.3 is 0 Å². The molecule has 2 N–H and O–H groups in total. The Kier molecular flexibility index (Phi) is 4.74. The second-order valence-corrected chi connectivity index (χ2v) is 5.03. The minimum atomic E-state index is 0.208. The number of aliphatic hydroxyl groups is 1. The fourth-order valence-electron chi connectivity index (χ4n) is 1.64. The maximum absolute atomic E-state index is 8.82. The van der Waals surface area contributed by atoms with Crippen molar-refractivity contribution in [2.75, 3.05) is 18.5 Å². The van der Waals surface area contributed by atoms with Gasteiger partial charge in [-0.05, 0) is 37.3 Å². The molecular weight excluding hydrogens is 200 g/mol. The highest BCUT2D eigenvalue weighted by molar-refractivity contribution is 5.43. The molecule has 1 heterocycles. The molecule has 0 radical (unpaired) electrons. The SMILES string of the molecule is Cc1cc(NCC(C)(C)CCCO)ccn1. The number of hydrogen-bond donors (Lipinski definition) is 2. The van der Waals surface area contributed by atoms with Crippen LogP contribution in [0.4, 0.5) is 5.69 Å². The maximum Gasteiger partial charge on any atom is 0.0431 e. The van der Waals surface area contributed by atoms with Gasteiger partial charge in [-0.25, -0.2) is 0 Å². The molecule has 0 unspecified atom stereocenters. The summed E-state index contributed by atoms with van der Waals surface area (Å²) in [6.45, 7) is 7.60. The second-order valence-electron chi connectivity index (χ2n) is 5.03. The maximum atomic E-state index is 8.82. The lowest BCUT2D eigenvalue weighted by atomic mass is 9.88. The van der Waals surface area contributed by atoms with Crippen molar-refractivity contribution in [1.82, 2.24) is 4.98 Å². The number of aromatic nitrogens is 1. The molecular formula is C13H22N2O. The Bertz CT molecular complexity index is 323. The van der Waals surface area contributed by atoms with Gasteiger partial charge in [0.1, 0.15) is 0 Å². The van der Waals surface area contributed by atoms with E-state index in [4.69, 9.17) is 5.11 Å². The molecule has 0 bridgehead atoms. The fourth-order valence-corrected chi connectivity index (χ4v) is 1.64. The van der Waals surface area contributed by atoms with E-state index in [-0.39, 0.29) is 12.0 Å². The van der Waals surface area contributed by atoms with E-state index >= 15 is 0 Å². The summed E-state index contributed by atoms with van der Waals surface area (Å²) in [6, 6.07) is 4.03. The summed E-state index contributed by atoms with van der Waals surface area (Å²) in [4.78, 5) is 4.16. The van der Waals surface area contributed by atoms with E-state index in [1.807, 2.05) is 25.3 Å². The highest BCUT2D eigenvalue weighted by atomic mass is 16.2. The summed E-state index contributed by atoms with van der Waals surface area (Å²) >= 11 is 0. The number of anilines is 1. The Labute approximate surface area is 97.9 Å². The zero-order valence-corrected chi connectivity index (χ0v) is 10.5. The van der Waals surface area contributed by atoms with Crippen molar-refractivity contribution in [3.8, 4) is 0 Å². The number of aliphatic hydroxyl groups excluding tert-OH is 1. The number of nitrogens with one attached hydrogen (secondary N) is 1. The van der Waals surface area contributed by atoms with E-state index in [0.29, 0.717) is 0 Å². The minimum absolute atomic E-state index is 0.208. The molecule has 1 rings (SSSR count). The third kappa shape index (κ3) is 4.62. The molecule has 0 atom stereocenters. The molecule has 3 nitrogen and oxygen atoms in total. The monoisotopic (exact) mass is 222 g/mol. The average molecular weight is 222 g/mol. The number of rotatable bonds is 6. The van der Waals surface area contributed by atoms with Crippen LogP contribution in [-0.2, 0) is 0 Å². The Morgan fingerprint density at radius 1 is 1.44 bits per heavy atom. The number of hydrogen-bond acceptors (Lipinski definition) is 3. The summed E-state index contributed by atoms with van der Waals surface area (Å²) in [5.74, 6) is 0. The molecule has 0 aliphatic rings. The van der Waals surface area contributed by atoms with E-state index in [0.717, 1.165) is 30.8 Å². The smallest absolute Gasteiger partial charge is 0.0431 e. The van der Waals surface area contributed by atoms with Gasteiger partial charge in [0.25, 0.3) is 0 Å². The quantitative estimate of drug-likeness (QED) is 0.777. The molecule has 0 saturated carbocycles. The molecule has 0 fully saturated rings. The van der Waals surface area contributed by atoms with E-state index in [1.165, 1.54) is 0 Å². The van der Waals surface area contributed by atoms with Gasteiger partial charge in [-0.1, -0.05) is 13.8 Å². The van der Waals surface area contributed by atoms with Gasteiger partial charge in [-0.3, -0.25) is 4.98 Å². The third-order valence-electron chi connectivity index (χ3n) is 2.68. The average Bonchev–Trinajstić information content (AvgIpc) is 2.24. The van der Waals surface area contributed by atoms with E-state index < -0.39 is 0 Å². The van der Waals surface area contributed by atoms with Gasteiger partial charge in [0.2, 0.25) is 0 Å². The molecule has 0 aliphatic heterocycles. The lowest BCUT2D eigenvalue weighted by Crippen LogP contribution is -2.23. The molecule has 0 amide bonds. The summed E-state index contributed by atoms with van der Waals surface area (Å²) in [7, 11) is 0. The van der Waals surface area contributed by atoms with Crippen LogP contribution in [0.15, 0.2) is 18.3 Å². The number of aryl methyl sites for hydroxylation is 1. The normalized spacial score (nSPS) is 11.5. The third-order valence-corrected chi connectivity index (χ3v) is 2.68. The van der Waals surface area contributed by atoms with Gasteiger partial charge in [-0.2, -0.15) is 0 Å². The van der Waals surface area contributed by atoms with Crippen LogP contribution in [0.25, 0.3) is 0 Å². The second kappa shape index (κ2) is 5.85. The number of pyridine rings is 1. The molecule has 3 heteroatoms. The Hall–Kier alpha value is -1.09. The van der Waals surface area contributed by atoms with Gasteiger partial charge in [0.15, 0.2) is 0 Å². The number of nitrogens with zero attached hydrogens (tertiary/aromatic N) is 1. The first-order chi connectivity index (χ1) is 7.53. The van der Waals surface area contributed by atoms with Gasteiger partial charge in [0.05, 0.1) is 0 Å². The lowest BCUT2D eigenvalue weighted by molar-refractivity contribution is 0.248. The zero-order valence-electron chi connectivity index (χ0n) is 10.5. The molecule has 0 aromatic carbocycles. The predicted molar refractivity (Wildman–Crippen MR) is 67.6 cm³/mol. The van der Waals surface area contributed by atoms with Crippen molar-refractivity contribution in [3.63, 3.8) is 0 Å².